The second-order valence-corrected chi connectivity index (χ2v) is 8.44. The van der Waals surface area contributed by atoms with Crippen molar-refractivity contribution < 1.29 is 19.1 Å². The molecule has 0 unspecified atom stereocenters. The van der Waals surface area contributed by atoms with Gasteiger partial charge in [-0.15, -0.1) is 11.3 Å². The summed E-state index contributed by atoms with van der Waals surface area (Å²) in [6.07, 6.45) is 0.483. The quantitative estimate of drug-likeness (QED) is 0.519. The number of amides is 3. The molecule has 1 aliphatic rings. The van der Waals surface area contributed by atoms with Crippen LogP contribution in [0.5, 0.6) is 5.75 Å². The lowest BCUT2D eigenvalue weighted by molar-refractivity contribution is -0.121. The molecule has 3 heterocycles. The average Bonchev–Trinajstić information content (AvgIpc) is 3.35. The molecule has 1 aromatic carbocycles. The highest BCUT2D eigenvalue weighted by molar-refractivity contribution is 7.17. The second kappa shape index (κ2) is 9.40. The molecule has 0 aliphatic carbocycles. The first-order chi connectivity index (χ1) is 15.0. The summed E-state index contributed by atoms with van der Waals surface area (Å²) in [6.45, 7) is 0.983. The molecule has 3 N–H and O–H groups in total. The summed E-state index contributed by atoms with van der Waals surface area (Å²) in [6, 6.07) is 8.52. The van der Waals surface area contributed by atoms with E-state index in [4.69, 9.17) is 16.3 Å². The van der Waals surface area contributed by atoms with Crippen LogP contribution in [0.1, 0.15) is 27.3 Å². The molecule has 1 aliphatic heterocycles. The Hall–Kier alpha value is -3.04. The lowest BCUT2D eigenvalue weighted by Crippen LogP contribution is -2.43. The van der Waals surface area contributed by atoms with E-state index in [1.165, 1.54) is 16.2 Å². The number of benzene rings is 1. The minimum atomic E-state index is -0.305. The van der Waals surface area contributed by atoms with E-state index in [0.29, 0.717) is 41.5 Å². The zero-order valence-electron chi connectivity index (χ0n) is 16.6. The van der Waals surface area contributed by atoms with Gasteiger partial charge in [0.1, 0.15) is 18.1 Å². The van der Waals surface area contributed by atoms with E-state index in [-0.39, 0.29) is 37.4 Å². The number of thiophene rings is 1. The number of rotatable bonds is 1. The first-order valence-electron chi connectivity index (χ1n) is 9.84. The number of hydrogen-bond donors (Lipinski definition) is 3. The fraction of sp³-hybridized carbons (Fsp3) is 0.286. The molecule has 0 radical (unpaired) electrons. The Morgan fingerprint density at radius 2 is 2.00 bits per heavy atom. The largest absolute Gasteiger partial charge is 0.491 e. The van der Waals surface area contributed by atoms with Gasteiger partial charge >= 0.3 is 0 Å². The molecule has 0 atom stereocenters. The van der Waals surface area contributed by atoms with Crippen LogP contribution in [-0.4, -0.2) is 60.4 Å². The number of nitrogens with zero attached hydrogens (tertiary/aromatic N) is 1. The third kappa shape index (κ3) is 5.00. The summed E-state index contributed by atoms with van der Waals surface area (Å²) >= 11 is 7.57. The van der Waals surface area contributed by atoms with Gasteiger partial charge in [0, 0.05) is 18.1 Å². The van der Waals surface area contributed by atoms with Gasteiger partial charge < -0.3 is 25.3 Å². The van der Waals surface area contributed by atoms with Crippen molar-refractivity contribution in [3.63, 3.8) is 0 Å². The third-order valence-electron chi connectivity index (χ3n) is 4.85. The third-order valence-corrected chi connectivity index (χ3v) is 5.95. The number of aromatic nitrogens is 1. The van der Waals surface area contributed by atoms with Crippen LogP contribution in [0.4, 0.5) is 0 Å². The smallest absolute Gasteiger partial charge is 0.270 e. The van der Waals surface area contributed by atoms with Crippen LogP contribution in [0.3, 0.4) is 0 Å². The molecule has 0 saturated heterocycles. The molecule has 3 amide bonds. The molecule has 3 aromatic rings. The van der Waals surface area contributed by atoms with Crippen molar-refractivity contribution in [1.82, 2.24) is 20.5 Å². The molecule has 4 rings (SSSR count). The lowest BCUT2D eigenvalue weighted by Gasteiger charge is -2.22. The van der Waals surface area contributed by atoms with E-state index >= 15 is 0 Å². The van der Waals surface area contributed by atoms with Gasteiger partial charge in [-0.3, -0.25) is 14.4 Å². The fourth-order valence-electron chi connectivity index (χ4n) is 3.34. The van der Waals surface area contributed by atoms with Gasteiger partial charge in [0.05, 0.1) is 28.9 Å². The number of H-pyrrole nitrogens is 1. The Bertz CT molecular complexity index is 1100. The molecule has 0 fully saturated rings. The van der Waals surface area contributed by atoms with Gasteiger partial charge in [-0.25, -0.2) is 0 Å². The number of halogens is 1. The lowest BCUT2D eigenvalue weighted by atomic mass is 10.2. The van der Waals surface area contributed by atoms with E-state index in [1.54, 1.807) is 24.3 Å². The standard InChI is InChI=1S/C21H21ClN4O4S/c22-13-2-3-17-14(10-13)20(28)24-5-1-7-26(12-19(27)23-6-8-30-17)21(29)16-11-18-15(25-16)4-9-31-18/h2-4,9-11,25H,1,5-8,12H2,(H,23,27)(H,24,28). The second-order valence-electron chi connectivity index (χ2n) is 7.06. The molecule has 31 heavy (non-hydrogen) atoms. The highest BCUT2D eigenvalue weighted by Gasteiger charge is 2.21. The fourth-order valence-corrected chi connectivity index (χ4v) is 4.29. The predicted molar refractivity (Wildman–Crippen MR) is 119 cm³/mol. The van der Waals surface area contributed by atoms with Crippen LogP contribution in [-0.2, 0) is 4.79 Å². The summed E-state index contributed by atoms with van der Waals surface area (Å²) in [4.78, 5) is 42.6. The van der Waals surface area contributed by atoms with Crippen molar-refractivity contribution in [3.05, 3.63) is 52.0 Å². The predicted octanol–water partition coefficient (Wildman–Crippen LogP) is 2.65. The maximum Gasteiger partial charge on any atom is 0.270 e. The van der Waals surface area contributed by atoms with Gasteiger partial charge in [-0.1, -0.05) is 11.6 Å². The van der Waals surface area contributed by atoms with Crippen LogP contribution < -0.4 is 15.4 Å². The highest BCUT2D eigenvalue weighted by Crippen LogP contribution is 2.24. The van der Waals surface area contributed by atoms with Crippen LogP contribution in [0.25, 0.3) is 10.2 Å². The maximum atomic E-state index is 13.0. The first-order valence-corrected chi connectivity index (χ1v) is 11.1. The van der Waals surface area contributed by atoms with E-state index in [2.05, 4.69) is 15.6 Å². The number of hydrogen-bond acceptors (Lipinski definition) is 5. The molecule has 2 aromatic heterocycles. The van der Waals surface area contributed by atoms with E-state index < -0.39 is 0 Å². The van der Waals surface area contributed by atoms with Crippen molar-refractivity contribution in [2.24, 2.45) is 0 Å². The molecule has 8 nitrogen and oxygen atoms in total. The molecule has 10 heteroatoms. The number of carbonyl (C=O) groups excluding carboxylic acids is 3. The number of aromatic amines is 1. The Kier molecular flexibility index (Phi) is 6.43. The van der Waals surface area contributed by atoms with Crippen molar-refractivity contribution in [2.45, 2.75) is 6.42 Å². The maximum absolute atomic E-state index is 13.0. The summed E-state index contributed by atoms with van der Waals surface area (Å²) < 4.78 is 6.64. The van der Waals surface area contributed by atoms with Gasteiger partial charge in [0.2, 0.25) is 5.91 Å². The normalized spacial score (nSPS) is 16.1. The average molecular weight is 461 g/mol. The minimum absolute atomic E-state index is 0.0777. The van der Waals surface area contributed by atoms with Crippen molar-refractivity contribution in [1.29, 1.82) is 0 Å². The molecule has 0 saturated carbocycles. The molecule has 162 valence electrons. The first kappa shape index (κ1) is 21.2. The van der Waals surface area contributed by atoms with Gasteiger partial charge in [0.25, 0.3) is 11.8 Å². The van der Waals surface area contributed by atoms with Gasteiger partial charge in [-0.05, 0) is 42.1 Å². The van der Waals surface area contributed by atoms with Crippen LogP contribution in [0.15, 0.2) is 35.7 Å². The van der Waals surface area contributed by atoms with Crippen molar-refractivity contribution in [2.75, 3.05) is 32.8 Å². The Labute approximate surface area is 187 Å². The summed E-state index contributed by atoms with van der Waals surface area (Å²) in [5.74, 6) is -0.439. The number of ether oxygens (including phenoxy) is 1. The SMILES string of the molecule is O=C1CN(C(=O)c2cc3sccc3[nH]2)CCCNC(=O)c2cc(Cl)ccc2OCCN1. The molecule has 0 bridgehead atoms. The minimum Gasteiger partial charge on any atom is -0.491 e. The van der Waals surface area contributed by atoms with E-state index in [1.807, 2.05) is 11.4 Å². The van der Waals surface area contributed by atoms with Crippen LogP contribution in [0, 0.1) is 0 Å². The topological polar surface area (TPSA) is 104 Å². The molecular weight excluding hydrogens is 440 g/mol. The van der Waals surface area contributed by atoms with Crippen LogP contribution in [0.2, 0.25) is 5.02 Å². The summed E-state index contributed by atoms with van der Waals surface area (Å²) in [5, 5.41) is 7.95. The van der Waals surface area contributed by atoms with Gasteiger partial charge in [0.15, 0.2) is 0 Å². The Morgan fingerprint density at radius 3 is 2.84 bits per heavy atom. The zero-order valence-corrected chi connectivity index (χ0v) is 18.1. The van der Waals surface area contributed by atoms with Crippen molar-refractivity contribution >= 4 is 50.9 Å². The molecular formula is C21H21ClN4O4S. The highest BCUT2D eigenvalue weighted by atomic mass is 35.5. The van der Waals surface area contributed by atoms with Crippen LogP contribution >= 0.6 is 22.9 Å². The molecule has 0 spiro atoms. The van der Waals surface area contributed by atoms with E-state index in [0.717, 1.165) is 10.2 Å². The monoisotopic (exact) mass is 460 g/mol. The Morgan fingerprint density at radius 1 is 1.13 bits per heavy atom. The summed E-state index contributed by atoms with van der Waals surface area (Å²) in [7, 11) is 0. The number of fused-ring (bicyclic) bond motifs is 2. The van der Waals surface area contributed by atoms with E-state index in [9.17, 15) is 14.4 Å². The van der Waals surface area contributed by atoms with Gasteiger partial charge in [-0.2, -0.15) is 0 Å². The Balaban J connectivity index is 1.49. The zero-order chi connectivity index (χ0) is 21.8. The van der Waals surface area contributed by atoms with Crippen molar-refractivity contribution in [3.8, 4) is 5.75 Å². The number of nitrogens with one attached hydrogen (secondary N) is 3. The summed E-state index contributed by atoms with van der Waals surface area (Å²) in [5.41, 5.74) is 1.66. The number of carbonyl (C=O) groups is 3.